The number of nitrogens with one attached hydrogen (secondary N) is 1. The molecular formula is C12H12ClFN2S. The number of benzene rings is 1. The van der Waals surface area contributed by atoms with E-state index in [0.717, 1.165) is 9.88 Å². The van der Waals surface area contributed by atoms with Crippen molar-refractivity contribution in [3.8, 4) is 0 Å². The van der Waals surface area contributed by atoms with Gasteiger partial charge in [0.05, 0.1) is 5.01 Å². The Morgan fingerprint density at radius 1 is 1.41 bits per heavy atom. The van der Waals surface area contributed by atoms with Crippen molar-refractivity contribution in [2.45, 2.75) is 20.0 Å². The van der Waals surface area contributed by atoms with Crippen molar-refractivity contribution in [2.75, 3.05) is 0 Å². The molecule has 0 aliphatic carbocycles. The van der Waals surface area contributed by atoms with Crippen LogP contribution in [0.15, 0.2) is 24.4 Å². The number of halogens is 2. The van der Waals surface area contributed by atoms with Crippen LogP contribution in [-0.2, 0) is 13.1 Å². The van der Waals surface area contributed by atoms with Gasteiger partial charge in [-0.15, -0.1) is 11.3 Å². The Kier molecular flexibility index (Phi) is 4.10. The summed E-state index contributed by atoms with van der Waals surface area (Å²) in [6.07, 6.45) is 1.84. The van der Waals surface area contributed by atoms with Crippen molar-refractivity contribution >= 4 is 22.9 Å². The normalized spacial score (nSPS) is 10.8. The molecule has 1 N–H and O–H groups in total. The van der Waals surface area contributed by atoms with Crippen molar-refractivity contribution in [2.24, 2.45) is 0 Å². The smallest absolute Gasteiger partial charge is 0.129 e. The zero-order valence-corrected chi connectivity index (χ0v) is 10.9. The van der Waals surface area contributed by atoms with Gasteiger partial charge in [-0.1, -0.05) is 17.7 Å². The molecule has 1 aromatic carbocycles. The lowest BCUT2D eigenvalue weighted by molar-refractivity contribution is 0.589. The summed E-state index contributed by atoms with van der Waals surface area (Å²) >= 11 is 7.32. The Hall–Kier alpha value is -0.970. The second-order valence-electron chi connectivity index (χ2n) is 3.68. The van der Waals surface area contributed by atoms with E-state index >= 15 is 0 Å². The third kappa shape index (κ3) is 3.49. The van der Waals surface area contributed by atoms with Crippen LogP contribution in [-0.4, -0.2) is 4.98 Å². The van der Waals surface area contributed by atoms with Gasteiger partial charge in [-0.05, 0) is 19.1 Å². The predicted molar refractivity (Wildman–Crippen MR) is 68.8 cm³/mol. The molecule has 2 aromatic rings. The van der Waals surface area contributed by atoms with Gasteiger partial charge in [0.2, 0.25) is 0 Å². The van der Waals surface area contributed by atoms with E-state index in [0.29, 0.717) is 23.7 Å². The largest absolute Gasteiger partial charge is 0.308 e. The minimum Gasteiger partial charge on any atom is -0.308 e. The summed E-state index contributed by atoms with van der Waals surface area (Å²) in [4.78, 5) is 5.31. The van der Waals surface area contributed by atoms with Gasteiger partial charge in [0.1, 0.15) is 5.82 Å². The molecular weight excluding hydrogens is 259 g/mol. The predicted octanol–water partition coefficient (Wildman–Crippen LogP) is 3.53. The van der Waals surface area contributed by atoms with E-state index in [9.17, 15) is 4.39 Å². The monoisotopic (exact) mass is 270 g/mol. The fourth-order valence-electron chi connectivity index (χ4n) is 1.47. The number of aromatic nitrogens is 1. The van der Waals surface area contributed by atoms with E-state index in [1.807, 2.05) is 13.1 Å². The Balaban J connectivity index is 1.90. The average molecular weight is 271 g/mol. The molecule has 0 spiro atoms. The molecule has 1 heterocycles. The van der Waals surface area contributed by atoms with Gasteiger partial charge in [-0.2, -0.15) is 0 Å². The van der Waals surface area contributed by atoms with E-state index < -0.39 is 0 Å². The van der Waals surface area contributed by atoms with Crippen LogP contribution in [0.25, 0.3) is 0 Å². The quantitative estimate of drug-likeness (QED) is 0.919. The third-order valence-corrected chi connectivity index (χ3v) is 3.45. The van der Waals surface area contributed by atoms with Crippen LogP contribution in [0.4, 0.5) is 4.39 Å². The molecule has 0 saturated heterocycles. The van der Waals surface area contributed by atoms with Gasteiger partial charge in [-0.25, -0.2) is 9.37 Å². The number of nitrogens with zero attached hydrogens (tertiary/aromatic N) is 1. The van der Waals surface area contributed by atoms with Crippen molar-refractivity contribution in [3.63, 3.8) is 0 Å². The highest BCUT2D eigenvalue weighted by Gasteiger charge is 2.03. The SMILES string of the molecule is Cc1ncc(CNCc2ccc(Cl)cc2F)s1. The number of aryl methyl sites for hydroxylation is 1. The first-order valence-electron chi connectivity index (χ1n) is 5.21. The first kappa shape index (κ1) is 12.5. The molecule has 0 saturated carbocycles. The van der Waals surface area contributed by atoms with Gasteiger partial charge in [0.15, 0.2) is 0 Å². The third-order valence-electron chi connectivity index (χ3n) is 2.30. The van der Waals surface area contributed by atoms with Gasteiger partial charge >= 0.3 is 0 Å². The van der Waals surface area contributed by atoms with Crippen molar-refractivity contribution in [3.05, 3.63) is 50.7 Å². The minimum atomic E-state index is -0.273. The number of hydrogen-bond acceptors (Lipinski definition) is 3. The maximum Gasteiger partial charge on any atom is 0.129 e. The Labute approximate surface area is 108 Å². The maximum absolute atomic E-state index is 13.4. The van der Waals surface area contributed by atoms with Crippen LogP contribution in [0.5, 0.6) is 0 Å². The lowest BCUT2D eigenvalue weighted by Gasteiger charge is -2.04. The minimum absolute atomic E-state index is 0.273. The zero-order chi connectivity index (χ0) is 12.3. The lowest BCUT2D eigenvalue weighted by atomic mass is 10.2. The summed E-state index contributed by atoms with van der Waals surface area (Å²) in [7, 11) is 0. The summed E-state index contributed by atoms with van der Waals surface area (Å²) in [6.45, 7) is 3.15. The van der Waals surface area contributed by atoms with Gasteiger partial charge in [0.25, 0.3) is 0 Å². The molecule has 17 heavy (non-hydrogen) atoms. The standard InChI is InChI=1S/C12H12ClFN2S/c1-8-16-7-11(17-8)6-15-5-9-2-3-10(13)4-12(9)14/h2-4,7,15H,5-6H2,1H3. The molecule has 0 aliphatic rings. The zero-order valence-electron chi connectivity index (χ0n) is 9.34. The highest BCUT2D eigenvalue weighted by Crippen LogP contribution is 2.15. The van der Waals surface area contributed by atoms with E-state index in [1.54, 1.807) is 23.5 Å². The first-order chi connectivity index (χ1) is 8.15. The maximum atomic E-state index is 13.4. The number of hydrogen-bond donors (Lipinski definition) is 1. The molecule has 0 amide bonds. The number of thiazole rings is 1. The molecule has 5 heteroatoms. The van der Waals surface area contributed by atoms with E-state index in [2.05, 4.69) is 10.3 Å². The van der Waals surface area contributed by atoms with E-state index in [4.69, 9.17) is 11.6 Å². The number of rotatable bonds is 4. The summed E-state index contributed by atoms with van der Waals surface area (Å²) < 4.78 is 13.4. The van der Waals surface area contributed by atoms with Gasteiger partial charge in [0, 0.05) is 34.7 Å². The molecule has 2 nitrogen and oxygen atoms in total. The van der Waals surface area contributed by atoms with Gasteiger partial charge < -0.3 is 5.32 Å². The van der Waals surface area contributed by atoms with Crippen LogP contribution >= 0.6 is 22.9 Å². The molecule has 0 bridgehead atoms. The summed E-state index contributed by atoms with van der Waals surface area (Å²) in [5.41, 5.74) is 0.621. The fourth-order valence-corrected chi connectivity index (χ4v) is 2.40. The Bertz CT molecular complexity index is 513. The van der Waals surface area contributed by atoms with Crippen molar-refractivity contribution < 1.29 is 4.39 Å². The summed E-state index contributed by atoms with van der Waals surface area (Å²) in [6, 6.07) is 4.72. The molecule has 0 fully saturated rings. The van der Waals surface area contributed by atoms with Crippen LogP contribution in [0, 0.1) is 12.7 Å². The van der Waals surface area contributed by atoms with Crippen LogP contribution < -0.4 is 5.32 Å². The van der Waals surface area contributed by atoms with Crippen molar-refractivity contribution in [1.29, 1.82) is 0 Å². The molecule has 0 unspecified atom stereocenters. The Morgan fingerprint density at radius 3 is 2.88 bits per heavy atom. The van der Waals surface area contributed by atoms with Crippen LogP contribution in [0.2, 0.25) is 5.02 Å². The van der Waals surface area contributed by atoms with Crippen LogP contribution in [0.1, 0.15) is 15.4 Å². The lowest BCUT2D eigenvalue weighted by Crippen LogP contribution is -2.12. The van der Waals surface area contributed by atoms with E-state index in [-0.39, 0.29) is 5.82 Å². The molecule has 0 aliphatic heterocycles. The summed E-state index contributed by atoms with van der Waals surface area (Å²) in [5.74, 6) is -0.273. The fraction of sp³-hybridized carbons (Fsp3) is 0.250. The molecule has 2 rings (SSSR count). The highest BCUT2D eigenvalue weighted by atomic mass is 35.5. The molecule has 90 valence electrons. The molecule has 0 radical (unpaired) electrons. The molecule has 0 atom stereocenters. The first-order valence-corrected chi connectivity index (χ1v) is 6.40. The molecule has 1 aromatic heterocycles. The van der Waals surface area contributed by atoms with Gasteiger partial charge in [-0.3, -0.25) is 0 Å². The van der Waals surface area contributed by atoms with E-state index in [1.165, 1.54) is 6.07 Å². The second-order valence-corrected chi connectivity index (χ2v) is 5.44. The topological polar surface area (TPSA) is 24.9 Å². The van der Waals surface area contributed by atoms with Crippen LogP contribution in [0.3, 0.4) is 0 Å². The second kappa shape index (κ2) is 5.58. The van der Waals surface area contributed by atoms with Crippen molar-refractivity contribution in [1.82, 2.24) is 10.3 Å². The summed E-state index contributed by atoms with van der Waals surface area (Å²) in [5, 5.41) is 4.64. The highest BCUT2D eigenvalue weighted by molar-refractivity contribution is 7.11. The Morgan fingerprint density at radius 2 is 2.24 bits per heavy atom. The average Bonchev–Trinajstić information content (AvgIpc) is 2.68.